The lowest BCUT2D eigenvalue weighted by atomic mass is 9.87. The molecule has 152 valence electrons. The summed E-state index contributed by atoms with van der Waals surface area (Å²) >= 11 is 0. The zero-order valence-electron chi connectivity index (χ0n) is 16.1. The van der Waals surface area contributed by atoms with Gasteiger partial charge in [0.25, 0.3) is 0 Å². The van der Waals surface area contributed by atoms with Crippen molar-refractivity contribution >= 4 is 0 Å². The Morgan fingerprint density at radius 2 is 1.75 bits per heavy atom. The molecule has 0 spiro atoms. The van der Waals surface area contributed by atoms with Crippen LogP contribution in [0.1, 0.15) is 38.4 Å². The van der Waals surface area contributed by atoms with Gasteiger partial charge in [-0.15, -0.1) is 0 Å². The highest BCUT2D eigenvalue weighted by Crippen LogP contribution is 2.35. The Labute approximate surface area is 163 Å². The van der Waals surface area contributed by atoms with Crippen molar-refractivity contribution in [3.63, 3.8) is 0 Å². The molecule has 0 saturated carbocycles. The zero-order chi connectivity index (χ0) is 19.9. The molecule has 2 N–H and O–H groups in total. The predicted molar refractivity (Wildman–Crippen MR) is 98.7 cm³/mol. The maximum absolute atomic E-state index is 10.6. The van der Waals surface area contributed by atoms with E-state index in [0.29, 0.717) is 11.5 Å². The molecule has 6 atom stereocenters. The highest BCUT2D eigenvalue weighted by molar-refractivity contribution is 5.31. The van der Waals surface area contributed by atoms with Gasteiger partial charge in [-0.3, -0.25) is 0 Å². The summed E-state index contributed by atoms with van der Waals surface area (Å²) < 4.78 is 28.3. The summed E-state index contributed by atoms with van der Waals surface area (Å²) in [5.41, 5.74) is 1.20. The van der Waals surface area contributed by atoms with Crippen LogP contribution in [0.2, 0.25) is 0 Å². The lowest BCUT2D eigenvalue weighted by Gasteiger charge is -2.45. The second-order valence-electron chi connectivity index (χ2n) is 8.20. The fourth-order valence-corrected chi connectivity index (χ4v) is 3.41. The van der Waals surface area contributed by atoms with Gasteiger partial charge in [-0.2, -0.15) is 0 Å². The topological polar surface area (TPSA) is 90.5 Å². The van der Waals surface area contributed by atoms with E-state index in [2.05, 4.69) is 20.8 Å². The molecule has 0 amide bonds. The number of hydrogen-bond donors (Lipinski definition) is 2. The Bertz CT molecular complexity index is 763. The van der Waals surface area contributed by atoms with Crippen molar-refractivity contribution in [1.82, 2.24) is 0 Å². The Balaban J connectivity index is 1.43. The quantitative estimate of drug-likeness (QED) is 0.832. The summed E-state index contributed by atoms with van der Waals surface area (Å²) in [7, 11) is 0. The molecule has 2 aliphatic heterocycles. The van der Waals surface area contributed by atoms with Crippen molar-refractivity contribution in [3.05, 3.63) is 54.0 Å². The molecule has 4 rings (SSSR count). The Morgan fingerprint density at radius 1 is 1.00 bits per heavy atom. The van der Waals surface area contributed by atoms with Gasteiger partial charge >= 0.3 is 0 Å². The van der Waals surface area contributed by atoms with Gasteiger partial charge in [-0.05, 0) is 35.2 Å². The van der Waals surface area contributed by atoms with Gasteiger partial charge in [0.05, 0.1) is 12.9 Å². The highest BCUT2D eigenvalue weighted by Gasteiger charge is 2.50. The first-order valence-electron chi connectivity index (χ1n) is 9.42. The van der Waals surface area contributed by atoms with Crippen molar-refractivity contribution in [2.24, 2.45) is 0 Å². The molecule has 3 heterocycles. The molecule has 6 unspecified atom stereocenters. The normalized spacial score (nSPS) is 33.3. The highest BCUT2D eigenvalue weighted by atomic mass is 16.8. The van der Waals surface area contributed by atoms with Gasteiger partial charge in [0.1, 0.15) is 30.2 Å². The minimum Gasteiger partial charge on any atom is -0.464 e. The first kappa shape index (κ1) is 19.4. The molecule has 2 fully saturated rings. The zero-order valence-corrected chi connectivity index (χ0v) is 16.1. The number of fused-ring (bicyclic) bond motifs is 1. The first-order chi connectivity index (χ1) is 13.3. The minimum atomic E-state index is -1.26. The van der Waals surface area contributed by atoms with Gasteiger partial charge in [0, 0.05) is 0 Å². The van der Waals surface area contributed by atoms with Gasteiger partial charge in [-0.1, -0.05) is 32.9 Å². The fraction of sp³-hybridized carbons (Fsp3) is 0.524. The van der Waals surface area contributed by atoms with E-state index >= 15 is 0 Å². The van der Waals surface area contributed by atoms with Gasteiger partial charge in [-0.25, -0.2) is 0 Å². The minimum absolute atomic E-state index is 0.0319. The average Bonchev–Trinajstić information content (AvgIpc) is 3.20. The second kappa shape index (κ2) is 7.50. The smallest absolute Gasteiger partial charge is 0.229 e. The van der Waals surface area contributed by atoms with Crippen molar-refractivity contribution in [3.8, 4) is 5.75 Å². The van der Waals surface area contributed by atoms with E-state index in [1.54, 1.807) is 12.1 Å². The number of aliphatic hydroxyl groups excluding tert-OH is 2. The van der Waals surface area contributed by atoms with Gasteiger partial charge in [0.15, 0.2) is 5.76 Å². The number of rotatable bonds is 3. The Hall–Kier alpha value is -1.90. The largest absolute Gasteiger partial charge is 0.464 e. The van der Waals surface area contributed by atoms with Crippen LogP contribution < -0.4 is 4.74 Å². The molecule has 1 aromatic heterocycles. The molecule has 0 bridgehead atoms. The first-order valence-corrected chi connectivity index (χ1v) is 9.42. The van der Waals surface area contributed by atoms with Crippen LogP contribution >= 0.6 is 0 Å². The van der Waals surface area contributed by atoms with Gasteiger partial charge < -0.3 is 33.6 Å². The summed E-state index contributed by atoms with van der Waals surface area (Å²) in [6.45, 7) is 6.58. The standard InChI is InChI=1S/C21H26O7/c1-21(2,3)12-6-8-13(9-7-12)26-20-17(23)16(22)18-15(27-20)11-25-19(28-18)14-5-4-10-24-14/h4-10,15-20,22-23H,11H2,1-3H3. The second-order valence-corrected chi connectivity index (χ2v) is 8.20. The molecular formula is C21H26O7. The number of furan rings is 1. The number of benzene rings is 1. The van der Waals surface area contributed by atoms with Crippen LogP contribution in [0.5, 0.6) is 5.75 Å². The third-order valence-corrected chi connectivity index (χ3v) is 5.08. The maximum Gasteiger partial charge on any atom is 0.229 e. The molecule has 2 aliphatic rings. The summed E-state index contributed by atoms with van der Waals surface area (Å²) in [5, 5.41) is 21.1. The number of aliphatic hydroxyl groups is 2. The van der Waals surface area contributed by atoms with Crippen molar-refractivity contribution < 1.29 is 33.6 Å². The summed E-state index contributed by atoms with van der Waals surface area (Å²) in [4.78, 5) is 0. The van der Waals surface area contributed by atoms with Crippen LogP contribution in [-0.2, 0) is 19.6 Å². The molecule has 1 aromatic carbocycles. The lowest BCUT2D eigenvalue weighted by Crippen LogP contribution is -2.62. The molecule has 7 nitrogen and oxygen atoms in total. The van der Waals surface area contributed by atoms with E-state index < -0.39 is 37.0 Å². The monoisotopic (exact) mass is 390 g/mol. The van der Waals surface area contributed by atoms with Crippen molar-refractivity contribution in [1.29, 1.82) is 0 Å². The predicted octanol–water partition coefficient (Wildman–Crippen LogP) is 2.52. The van der Waals surface area contributed by atoms with E-state index in [0.717, 1.165) is 0 Å². The SMILES string of the molecule is CC(C)(C)c1ccc(OC2OC3COC(c4ccco4)OC3C(O)C2O)cc1. The Morgan fingerprint density at radius 3 is 2.39 bits per heavy atom. The number of ether oxygens (including phenoxy) is 4. The van der Waals surface area contributed by atoms with Crippen LogP contribution in [0, 0.1) is 0 Å². The summed E-state index contributed by atoms with van der Waals surface area (Å²) in [6, 6.07) is 11.1. The molecule has 0 radical (unpaired) electrons. The van der Waals surface area contributed by atoms with Crippen molar-refractivity contribution in [2.45, 2.75) is 63.2 Å². The molecule has 28 heavy (non-hydrogen) atoms. The van der Waals surface area contributed by atoms with E-state index in [1.807, 2.05) is 24.3 Å². The number of hydrogen-bond acceptors (Lipinski definition) is 7. The van der Waals surface area contributed by atoms with Crippen LogP contribution in [0.25, 0.3) is 0 Å². The van der Waals surface area contributed by atoms with Crippen LogP contribution in [0.4, 0.5) is 0 Å². The molecule has 2 saturated heterocycles. The summed E-state index contributed by atoms with van der Waals surface area (Å²) in [5.74, 6) is 1.05. The van der Waals surface area contributed by atoms with Crippen molar-refractivity contribution in [2.75, 3.05) is 6.61 Å². The molecular weight excluding hydrogens is 364 g/mol. The third-order valence-electron chi connectivity index (χ3n) is 5.08. The summed E-state index contributed by atoms with van der Waals surface area (Å²) in [6.07, 6.45) is -4.01. The Kier molecular flexibility index (Phi) is 5.20. The van der Waals surface area contributed by atoms with E-state index in [9.17, 15) is 10.2 Å². The average molecular weight is 390 g/mol. The maximum atomic E-state index is 10.6. The molecule has 2 aromatic rings. The van der Waals surface area contributed by atoms with Gasteiger partial charge in [0.2, 0.25) is 12.6 Å². The fourth-order valence-electron chi connectivity index (χ4n) is 3.41. The van der Waals surface area contributed by atoms with Crippen LogP contribution in [0.3, 0.4) is 0 Å². The van der Waals surface area contributed by atoms with E-state index in [1.165, 1.54) is 11.8 Å². The van der Waals surface area contributed by atoms with E-state index in [4.69, 9.17) is 23.4 Å². The van der Waals surface area contributed by atoms with Crippen LogP contribution in [0.15, 0.2) is 47.1 Å². The van der Waals surface area contributed by atoms with E-state index in [-0.39, 0.29) is 12.0 Å². The molecule has 7 heteroatoms. The molecule has 0 aliphatic carbocycles. The lowest BCUT2D eigenvalue weighted by molar-refractivity contribution is -0.352. The third kappa shape index (κ3) is 3.81. The van der Waals surface area contributed by atoms with Crippen LogP contribution in [-0.4, -0.2) is 47.5 Å².